The minimum atomic E-state index is -1.98. The van der Waals surface area contributed by atoms with Crippen molar-refractivity contribution in [1.29, 1.82) is 0 Å². The third-order valence-electron chi connectivity index (χ3n) is 5.67. The lowest BCUT2D eigenvalue weighted by atomic mass is 10.1. The van der Waals surface area contributed by atoms with E-state index < -0.39 is 15.9 Å². The molecule has 11 heteroatoms. The van der Waals surface area contributed by atoms with Crippen LogP contribution in [0.1, 0.15) is 21.5 Å². The lowest BCUT2D eigenvalue weighted by molar-refractivity contribution is -0.122. The maximum absolute atomic E-state index is 13.0. The summed E-state index contributed by atoms with van der Waals surface area (Å²) in [6.45, 7) is 0.495. The average Bonchev–Trinajstić information content (AvgIpc) is 3.19. The number of halogens is 3. The van der Waals surface area contributed by atoms with Gasteiger partial charge in [0.1, 0.15) is 4.32 Å². The van der Waals surface area contributed by atoms with E-state index in [0.717, 1.165) is 5.56 Å². The van der Waals surface area contributed by atoms with Crippen LogP contribution in [0.3, 0.4) is 0 Å². The predicted molar refractivity (Wildman–Crippen MR) is 162 cm³/mol. The number of rotatable bonds is 9. The van der Waals surface area contributed by atoms with Crippen LogP contribution in [0.4, 0.5) is 0 Å². The van der Waals surface area contributed by atoms with E-state index in [1.165, 1.54) is 18.9 Å². The summed E-state index contributed by atoms with van der Waals surface area (Å²) in [4.78, 5) is 27.8. The first kappa shape index (κ1) is 29.2. The molecule has 0 spiro atoms. The Morgan fingerprint density at radius 2 is 1.72 bits per heavy atom. The minimum Gasteiger partial charge on any atom is -0.493 e. The van der Waals surface area contributed by atoms with Gasteiger partial charge in [-0.1, -0.05) is 113 Å². The molecule has 2 amide bonds. The number of thiocarbonyl (C=S) groups is 1. The molecule has 3 aromatic carbocycles. The molecule has 4 rings (SSSR count). The zero-order valence-corrected chi connectivity index (χ0v) is 24.5. The molecule has 1 saturated heterocycles. The van der Waals surface area contributed by atoms with Gasteiger partial charge in [-0.15, -0.1) is 0 Å². The second-order valence-electron chi connectivity index (χ2n) is 8.36. The van der Waals surface area contributed by atoms with E-state index in [1.807, 2.05) is 30.3 Å². The van der Waals surface area contributed by atoms with Gasteiger partial charge in [0.2, 0.25) is 10.0 Å². The van der Waals surface area contributed by atoms with Crippen molar-refractivity contribution in [1.82, 2.24) is 10.2 Å². The lowest BCUT2D eigenvalue weighted by Crippen LogP contribution is -2.47. The van der Waals surface area contributed by atoms with Gasteiger partial charge >= 0.3 is 0 Å². The summed E-state index contributed by atoms with van der Waals surface area (Å²) in [6.07, 6.45) is 1.11. The highest BCUT2D eigenvalue weighted by Gasteiger charge is 2.37. The van der Waals surface area contributed by atoms with E-state index in [4.69, 9.17) is 56.5 Å². The summed E-state index contributed by atoms with van der Waals surface area (Å²) in [5, 5.41) is 2.59. The Kier molecular flexibility index (Phi) is 9.80. The van der Waals surface area contributed by atoms with Gasteiger partial charge in [-0.3, -0.25) is 14.5 Å². The number of ether oxygens (including phenoxy) is 2. The molecule has 39 heavy (non-hydrogen) atoms. The van der Waals surface area contributed by atoms with Crippen molar-refractivity contribution in [2.75, 3.05) is 13.7 Å². The fraction of sp³-hybridized carbons (Fsp3) is 0.179. The van der Waals surface area contributed by atoms with Crippen LogP contribution in [-0.4, -0.2) is 44.7 Å². The third kappa shape index (κ3) is 7.68. The molecule has 1 aliphatic rings. The molecule has 3 aromatic rings. The fourth-order valence-electron chi connectivity index (χ4n) is 3.70. The highest BCUT2D eigenvalue weighted by Crippen LogP contribution is 2.37. The number of methoxy groups -OCH3 is 1. The van der Waals surface area contributed by atoms with Crippen LogP contribution in [0.15, 0.2) is 83.8 Å². The standard InChI is InChI=1S/C28H23Cl3N2O4S2/c1-36-22-16-19(17-23-25(35)33(27(38)39-23)15-14-18-8-4-2-5-9-18)12-13-21(22)37-26(28(29,30)31)32-24(34)20-10-6-3-7-11-20/h2-13,16-17,26H,14-15H2,1H3,(H,32,34)/b23-17-/t26-/m1/s1. The predicted octanol–water partition coefficient (Wildman–Crippen LogP) is 6.64. The molecule has 6 nitrogen and oxygen atoms in total. The second-order valence-corrected chi connectivity index (χ2v) is 12.4. The molecule has 1 atom stereocenters. The number of nitrogens with zero attached hydrogens (tertiary/aromatic N) is 1. The highest BCUT2D eigenvalue weighted by atomic mass is 35.6. The van der Waals surface area contributed by atoms with Gasteiger partial charge in [0.25, 0.3) is 11.8 Å². The van der Waals surface area contributed by atoms with Crippen LogP contribution in [0, 0.1) is 0 Å². The van der Waals surface area contributed by atoms with Crippen LogP contribution in [-0.2, 0) is 11.2 Å². The van der Waals surface area contributed by atoms with E-state index in [2.05, 4.69) is 5.32 Å². The van der Waals surface area contributed by atoms with Gasteiger partial charge in [0.15, 0.2) is 11.5 Å². The minimum absolute atomic E-state index is 0.153. The summed E-state index contributed by atoms with van der Waals surface area (Å²) in [5.74, 6) is -0.0804. The normalized spacial score (nSPS) is 15.4. The first-order chi connectivity index (χ1) is 18.7. The molecule has 0 aromatic heterocycles. The van der Waals surface area contributed by atoms with E-state index >= 15 is 0 Å². The van der Waals surface area contributed by atoms with Crippen molar-refractivity contribution in [2.45, 2.75) is 16.4 Å². The molecule has 0 saturated carbocycles. The van der Waals surface area contributed by atoms with Gasteiger partial charge in [-0.25, -0.2) is 0 Å². The van der Waals surface area contributed by atoms with Gasteiger partial charge < -0.3 is 14.8 Å². The van der Waals surface area contributed by atoms with E-state index in [1.54, 1.807) is 59.5 Å². The summed E-state index contributed by atoms with van der Waals surface area (Å²) in [6, 6.07) is 23.4. The smallest absolute Gasteiger partial charge is 0.266 e. The first-order valence-electron chi connectivity index (χ1n) is 11.7. The summed E-state index contributed by atoms with van der Waals surface area (Å²) < 4.78 is 9.88. The van der Waals surface area contributed by atoms with Gasteiger partial charge in [0.05, 0.1) is 12.0 Å². The molecule has 1 heterocycles. The largest absolute Gasteiger partial charge is 0.493 e. The Bertz CT molecular complexity index is 1380. The first-order valence-corrected chi connectivity index (χ1v) is 14.1. The van der Waals surface area contributed by atoms with Gasteiger partial charge in [0, 0.05) is 12.1 Å². The Morgan fingerprint density at radius 3 is 2.36 bits per heavy atom. The van der Waals surface area contributed by atoms with Crippen LogP contribution >= 0.6 is 58.8 Å². The van der Waals surface area contributed by atoms with E-state index in [-0.39, 0.29) is 11.7 Å². The summed E-state index contributed by atoms with van der Waals surface area (Å²) in [7, 11) is 1.46. The van der Waals surface area contributed by atoms with E-state index in [0.29, 0.717) is 39.1 Å². The molecule has 0 unspecified atom stereocenters. The maximum Gasteiger partial charge on any atom is 0.266 e. The molecule has 1 aliphatic heterocycles. The zero-order valence-electron chi connectivity index (χ0n) is 20.6. The molecular formula is C28H23Cl3N2O4S2. The SMILES string of the molecule is COc1cc(/C=C2\SC(=S)N(CCc3ccccc3)C2=O)ccc1O[C@@H](NC(=O)c1ccccc1)C(Cl)(Cl)Cl. The van der Waals surface area contributed by atoms with Crippen LogP contribution in [0.25, 0.3) is 6.08 Å². The van der Waals surface area contributed by atoms with Crippen molar-refractivity contribution in [3.8, 4) is 11.5 Å². The van der Waals surface area contributed by atoms with Crippen LogP contribution in [0.2, 0.25) is 0 Å². The van der Waals surface area contributed by atoms with Crippen molar-refractivity contribution in [3.63, 3.8) is 0 Å². The Balaban J connectivity index is 1.48. The Labute approximate surface area is 251 Å². The van der Waals surface area contributed by atoms with Crippen LogP contribution < -0.4 is 14.8 Å². The number of amides is 2. The molecule has 1 N–H and O–H groups in total. The Morgan fingerprint density at radius 1 is 1.05 bits per heavy atom. The van der Waals surface area contributed by atoms with Gasteiger partial charge in [-0.2, -0.15) is 0 Å². The average molecular weight is 622 g/mol. The number of carbonyl (C=O) groups is 2. The van der Waals surface area contributed by atoms with Crippen LogP contribution in [0.5, 0.6) is 11.5 Å². The summed E-state index contributed by atoms with van der Waals surface area (Å²) >= 11 is 25.0. The number of benzene rings is 3. The second kappa shape index (κ2) is 13.1. The lowest BCUT2D eigenvalue weighted by Gasteiger charge is -2.27. The molecule has 1 fully saturated rings. The number of carbonyl (C=O) groups excluding carboxylic acids is 2. The number of thioether (sulfide) groups is 1. The number of nitrogens with one attached hydrogen (secondary N) is 1. The molecule has 202 valence electrons. The Hall–Kier alpha value is -2.75. The van der Waals surface area contributed by atoms with Crippen molar-refractivity contribution in [2.24, 2.45) is 0 Å². The molecule has 0 aliphatic carbocycles. The van der Waals surface area contributed by atoms with Crippen molar-refractivity contribution in [3.05, 3.63) is 100 Å². The topological polar surface area (TPSA) is 67.9 Å². The molecule has 0 radical (unpaired) electrons. The maximum atomic E-state index is 13.0. The van der Waals surface area contributed by atoms with Crippen molar-refractivity contribution < 1.29 is 19.1 Å². The summed E-state index contributed by atoms with van der Waals surface area (Å²) in [5.41, 5.74) is 2.19. The number of hydrogen-bond acceptors (Lipinski definition) is 6. The monoisotopic (exact) mass is 620 g/mol. The quantitative estimate of drug-likeness (QED) is 0.125. The fourth-order valence-corrected chi connectivity index (χ4v) is 5.30. The number of hydrogen-bond donors (Lipinski definition) is 1. The molecule has 0 bridgehead atoms. The highest BCUT2D eigenvalue weighted by molar-refractivity contribution is 8.26. The zero-order chi connectivity index (χ0) is 28.0. The van der Waals surface area contributed by atoms with Crippen molar-refractivity contribution >= 4 is 81.0 Å². The number of alkyl halides is 3. The third-order valence-corrected chi connectivity index (χ3v) is 7.64. The van der Waals surface area contributed by atoms with E-state index in [9.17, 15) is 9.59 Å². The molecular weight excluding hydrogens is 599 g/mol. The van der Waals surface area contributed by atoms with Gasteiger partial charge in [-0.05, 0) is 47.9 Å².